The molecule has 8 aromatic carbocycles. The molecule has 66 heavy (non-hydrogen) atoms. The minimum atomic E-state index is -0.540. The highest BCUT2D eigenvalue weighted by molar-refractivity contribution is 5.98. The summed E-state index contributed by atoms with van der Waals surface area (Å²) >= 11 is 0. The first-order valence-corrected chi connectivity index (χ1v) is 24.6. The number of hydrogen-bond acceptors (Lipinski definition) is 1. The third kappa shape index (κ3) is 5.97. The van der Waals surface area contributed by atoms with Crippen LogP contribution in [0.2, 0.25) is 0 Å². The maximum Gasteiger partial charge on any atom is 0.0714 e. The van der Waals surface area contributed by atoms with Crippen LogP contribution >= 0.6 is 0 Å². The second-order valence-corrected chi connectivity index (χ2v) is 21.8. The summed E-state index contributed by atoms with van der Waals surface area (Å²) in [6.07, 6.45) is 7.16. The van der Waals surface area contributed by atoms with Crippen LogP contribution in [0.1, 0.15) is 128 Å². The molecule has 1 nitrogen and oxygen atoms in total. The van der Waals surface area contributed by atoms with Crippen LogP contribution in [0, 0.1) is 6.92 Å². The fraction of sp³-hybridized carbons (Fsp3) is 0.262. The Morgan fingerprint density at radius 1 is 0.379 bits per heavy atom. The van der Waals surface area contributed by atoms with Gasteiger partial charge in [0.1, 0.15) is 0 Å². The van der Waals surface area contributed by atoms with Crippen molar-refractivity contribution in [3.8, 4) is 33.4 Å². The largest absolute Gasteiger partial charge is 0.310 e. The van der Waals surface area contributed by atoms with E-state index in [2.05, 4.69) is 223 Å². The van der Waals surface area contributed by atoms with E-state index in [0.717, 1.165) is 19.3 Å². The molecule has 0 saturated heterocycles. The highest BCUT2D eigenvalue weighted by Crippen LogP contribution is 2.60. The van der Waals surface area contributed by atoms with Crippen molar-refractivity contribution in [2.24, 2.45) is 0 Å². The van der Waals surface area contributed by atoms with Crippen LogP contribution in [0.3, 0.4) is 0 Å². The molecule has 4 aliphatic rings. The Morgan fingerprint density at radius 3 is 1.58 bits per heavy atom. The molecule has 326 valence electrons. The van der Waals surface area contributed by atoms with E-state index in [9.17, 15) is 0 Å². The minimum Gasteiger partial charge on any atom is -0.310 e. The quantitative estimate of drug-likeness (QED) is 0.161. The van der Waals surface area contributed by atoms with Gasteiger partial charge < -0.3 is 4.90 Å². The van der Waals surface area contributed by atoms with Crippen LogP contribution in [0.4, 0.5) is 17.1 Å². The van der Waals surface area contributed by atoms with Gasteiger partial charge in [-0.25, -0.2) is 0 Å². The SMILES string of the molecule is Cc1cc2c(cc1-c1cc3c(cc1N(c1ccc4c(c1)C(C)(C)CCC4(C)C)c1ccc4c(c1)C(C)(C)c1ccccc1-4)C(c1ccccc1)(c1ccccc1)c1ccccc1-3)CCCC2. The average Bonchev–Trinajstić information content (AvgIpc) is 3.75. The van der Waals surface area contributed by atoms with Crippen molar-refractivity contribution in [2.45, 2.75) is 109 Å². The van der Waals surface area contributed by atoms with Crippen molar-refractivity contribution in [3.63, 3.8) is 0 Å². The zero-order chi connectivity index (χ0) is 45.2. The first kappa shape index (κ1) is 41.0. The maximum atomic E-state index is 2.66. The summed E-state index contributed by atoms with van der Waals surface area (Å²) in [4.78, 5) is 2.66. The summed E-state index contributed by atoms with van der Waals surface area (Å²) in [5.74, 6) is 0. The number of hydrogen-bond donors (Lipinski definition) is 0. The average molecular weight is 856 g/mol. The van der Waals surface area contributed by atoms with Gasteiger partial charge in [-0.3, -0.25) is 0 Å². The predicted molar refractivity (Wildman–Crippen MR) is 278 cm³/mol. The lowest BCUT2D eigenvalue weighted by Crippen LogP contribution is -2.34. The van der Waals surface area contributed by atoms with Gasteiger partial charge in [-0.1, -0.05) is 175 Å². The summed E-state index contributed by atoms with van der Waals surface area (Å²) in [7, 11) is 0. The molecule has 0 bridgehead atoms. The molecular formula is C65H61N. The first-order valence-electron chi connectivity index (χ1n) is 24.6. The lowest BCUT2D eigenvalue weighted by molar-refractivity contribution is 0.332. The predicted octanol–water partition coefficient (Wildman–Crippen LogP) is 17.0. The number of benzene rings is 8. The second kappa shape index (κ2) is 14.8. The molecule has 0 N–H and O–H groups in total. The molecule has 8 aromatic rings. The smallest absolute Gasteiger partial charge is 0.0714 e. The molecule has 0 atom stereocenters. The molecule has 0 aromatic heterocycles. The van der Waals surface area contributed by atoms with Crippen molar-refractivity contribution in [3.05, 3.63) is 231 Å². The fourth-order valence-corrected chi connectivity index (χ4v) is 13.1. The van der Waals surface area contributed by atoms with E-state index in [1.54, 1.807) is 0 Å². The molecule has 0 fully saturated rings. The molecule has 12 rings (SSSR count). The van der Waals surface area contributed by atoms with Gasteiger partial charge in [-0.05, 0) is 182 Å². The first-order chi connectivity index (χ1) is 31.9. The molecule has 0 saturated carbocycles. The van der Waals surface area contributed by atoms with Crippen molar-refractivity contribution in [1.82, 2.24) is 0 Å². The highest BCUT2D eigenvalue weighted by Gasteiger charge is 2.47. The van der Waals surface area contributed by atoms with Crippen molar-refractivity contribution in [1.29, 1.82) is 0 Å². The van der Waals surface area contributed by atoms with Gasteiger partial charge in [0, 0.05) is 22.4 Å². The van der Waals surface area contributed by atoms with Gasteiger partial charge >= 0.3 is 0 Å². The van der Waals surface area contributed by atoms with E-state index >= 15 is 0 Å². The summed E-state index contributed by atoms with van der Waals surface area (Å²) in [5, 5.41) is 0. The van der Waals surface area contributed by atoms with Crippen LogP contribution in [0.15, 0.2) is 170 Å². The van der Waals surface area contributed by atoms with E-state index in [1.807, 2.05) is 0 Å². The van der Waals surface area contributed by atoms with Crippen LogP contribution in [0.5, 0.6) is 0 Å². The summed E-state index contributed by atoms with van der Waals surface area (Å²) in [5.41, 5.74) is 26.4. The second-order valence-electron chi connectivity index (χ2n) is 21.8. The maximum absolute atomic E-state index is 2.66. The van der Waals surface area contributed by atoms with Crippen molar-refractivity contribution >= 4 is 17.1 Å². The standard InChI is InChI=1S/C65H61N/c1-42-36-43-20-14-15-21-44(43)37-52(42)54-40-53-50-27-17-19-29-56(50)65(45-22-10-8-11-23-45,46-24-12-9-13-25-46)59(53)41-61(54)66(48-31-33-57-60(39-48)63(4,5)35-34-62(57,2)3)47-30-32-51-49-26-16-18-28-55(49)64(6,7)58(51)38-47/h8-13,16-19,22-33,36-41H,14-15,20-21,34-35H2,1-7H3. The molecular weight excluding hydrogens is 795 g/mol. The summed E-state index contributed by atoms with van der Waals surface area (Å²) in [6.45, 7) is 17.0. The fourth-order valence-electron chi connectivity index (χ4n) is 13.1. The molecule has 0 heterocycles. The molecule has 0 radical (unpaired) electrons. The summed E-state index contributed by atoms with van der Waals surface area (Å²) in [6, 6.07) is 66.1. The molecule has 0 spiro atoms. The Bertz CT molecular complexity index is 3190. The van der Waals surface area contributed by atoms with Gasteiger partial charge in [0.25, 0.3) is 0 Å². The number of aryl methyl sites for hydroxylation is 3. The highest BCUT2D eigenvalue weighted by atomic mass is 15.1. The van der Waals surface area contributed by atoms with E-state index in [1.165, 1.54) is 131 Å². The van der Waals surface area contributed by atoms with E-state index in [4.69, 9.17) is 0 Å². The van der Waals surface area contributed by atoms with Crippen LogP contribution in [-0.2, 0) is 34.5 Å². The Morgan fingerprint density at radius 2 is 0.909 bits per heavy atom. The molecule has 0 amide bonds. The Kier molecular flexibility index (Phi) is 9.19. The Labute approximate surface area is 393 Å². The number of anilines is 3. The normalized spacial score (nSPS) is 17.4. The van der Waals surface area contributed by atoms with Crippen LogP contribution in [0.25, 0.3) is 33.4 Å². The third-order valence-electron chi connectivity index (χ3n) is 16.7. The van der Waals surface area contributed by atoms with Gasteiger partial charge in [0.2, 0.25) is 0 Å². The molecule has 0 unspecified atom stereocenters. The van der Waals surface area contributed by atoms with E-state index in [0.29, 0.717) is 0 Å². The van der Waals surface area contributed by atoms with E-state index < -0.39 is 5.41 Å². The van der Waals surface area contributed by atoms with Crippen molar-refractivity contribution in [2.75, 3.05) is 4.90 Å². The zero-order valence-corrected chi connectivity index (χ0v) is 39.9. The van der Waals surface area contributed by atoms with Crippen LogP contribution < -0.4 is 4.90 Å². The van der Waals surface area contributed by atoms with Crippen LogP contribution in [-0.4, -0.2) is 0 Å². The van der Waals surface area contributed by atoms with Crippen molar-refractivity contribution < 1.29 is 0 Å². The number of rotatable bonds is 6. The number of nitrogens with zero attached hydrogens (tertiary/aromatic N) is 1. The topological polar surface area (TPSA) is 3.24 Å². The number of fused-ring (bicyclic) bond motifs is 8. The Balaban J connectivity index is 1.22. The van der Waals surface area contributed by atoms with Gasteiger partial charge in [0.05, 0.1) is 11.1 Å². The minimum absolute atomic E-state index is 0.0430. The lowest BCUT2D eigenvalue weighted by atomic mass is 9.63. The molecule has 0 aliphatic heterocycles. The van der Waals surface area contributed by atoms with E-state index in [-0.39, 0.29) is 16.2 Å². The van der Waals surface area contributed by atoms with Gasteiger partial charge in [0.15, 0.2) is 0 Å². The Hall–Kier alpha value is -6.44. The summed E-state index contributed by atoms with van der Waals surface area (Å²) < 4.78 is 0. The molecule has 1 heteroatoms. The lowest BCUT2D eigenvalue weighted by Gasteiger charge is -2.42. The van der Waals surface area contributed by atoms with Gasteiger partial charge in [-0.15, -0.1) is 0 Å². The zero-order valence-electron chi connectivity index (χ0n) is 39.9. The molecule has 4 aliphatic carbocycles. The van der Waals surface area contributed by atoms with Gasteiger partial charge in [-0.2, -0.15) is 0 Å². The third-order valence-corrected chi connectivity index (χ3v) is 16.7. The monoisotopic (exact) mass is 855 g/mol.